The maximum Gasteiger partial charge on any atom is 0.255 e. The van der Waals surface area contributed by atoms with E-state index in [4.69, 9.17) is 4.74 Å². The molecule has 1 aliphatic carbocycles. The fraction of sp³-hybridized carbons (Fsp3) is 0.278. The monoisotopic (exact) mass is 279 g/mol. The van der Waals surface area contributed by atoms with Crippen molar-refractivity contribution in [3.63, 3.8) is 0 Å². The maximum atomic E-state index is 12.4. The molecule has 3 heteroatoms. The Labute approximate surface area is 123 Å². The largest absolute Gasteiger partial charge is 0.482 e. The Kier molecular flexibility index (Phi) is 2.43. The molecule has 0 amide bonds. The molecule has 3 nitrogen and oxygen atoms in total. The Balaban J connectivity index is 1.97. The van der Waals surface area contributed by atoms with Crippen LogP contribution in [0.5, 0.6) is 5.75 Å². The summed E-state index contributed by atoms with van der Waals surface area (Å²) in [6.07, 6.45) is 5.99. The van der Waals surface area contributed by atoms with Crippen LogP contribution in [0.2, 0.25) is 0 Å². The first-order chi connectivity index (χ1) is 10.1. The number of allylic oxidation sites excluding steroid dienone is 1. The molecule has 3 atom stereocenters. The second kappa shape index (κ2) is 4.10. The van der Waals surface area contributed by atoms with Crippen molar-refractivity contribution in [2.45, 2.75) is 25.4 Å². The molecule has 0 saturated heterocycles. The number of benzene rings is 1. The third-order valence-electron chi connectivity index (χ3n) is 4.67. The summed E-state index contributed by atoms with van der Waals surface area (Å²) < 4.78 is 6.25. The summed E-state index contributed by atoms with van der Waals surface area (Å²) in [6, 6.07) is 10.0. The highest BCUT2D eigenvalue weighted by Crippen LogP contribution is 2.53. The van der Waals surface area contributed by atoms with Gasteiger partial charge < -0.3 is 9.72 Å². The zero-order valence-electron chi connectivity index (χ0n) is 12.1. The Morgan fingerprint density at radius 2 is 2.00 bits per heavy atom. The predicted molar refractivity (Wildman–Crippen MR) is 82.6 cm³/mol. The van der Waals surface area contributed by atoms with Crippen LogP contribution in [0, 0.1) is 5.92 Å². The van der Waals surface area contributed by atoms with Crippen LogP contribution in [0.4, 0.5) is 0 Å². The number of rotatable bonds is 1. The van der Waals surface area contributed by atoms with Crippen LogP contribution in [0.25, 0.3) is 11.1 Å². The Morgan fingerprint density at radius 3 is 2.76 bits per heavy atom. The van der Waals surface area contributed by atoms with Gasteiger partial charge in [-0.25, -0.2) is 0 Å². The fourth-order valence-electron chi connectivity index (χ4n) is 3.70. The maximum absolute atomic E-state index is 12.4. The summed E-state index contributed by atoms with van der Waals surface area (Å²) in [5.74, 6) is 1.15. The molecule has 1 aromatic carbocycles. The number of pyridine rings is 1. The molecule has 2 aliphatic rings. The zero-order chi connectivity index (χ0) is 14.6. The number of H-pyrrole nitrogens is 1. The first kappa shape index (κ1) is 12.5. The lowest BCUT2D eigenvalue weighted by Crippen LogP contribution is -2.32. The average molecular weight is 279 g/mol. The smallest absolute Gasteiger partial charge is 0.255 e. The molecule has 0 unspecified atom stereocenters. The number of hydrogen-bond donors (Lipinski definition) is 1. The summed E-state index contributed by atoms with van der Waals surface area (Å²) in [5.41, 5.74) is 2.37. The molecule has 1 aromatic heterocycles. The van der Waals surface area contributed by atoms with Crippen LogP contribution < -0.4 is 10.3 Å². The minimum absolute atomic E-state index is 0.0334. The van der Waals surface area contributed by atoms with Crippen molar-refractivity contribution in [2.24, 2.45) is 5.92 Å². The van der Waals surface area contributed by atoms with Crippen LogP contribution in [0.15, 0.2) is 53.5 Å². The van der Waals surface area contributed by atoms with Gasteiger partial charge in [0.25, 0.3) is 5.56 Å². The molecule has 0 spiro atoms. The Hall–Kier alpha value is -2.29. The predicted octanol–water partition coefficient (Wildman–Crippen LogP) is 3.48. The summed E-state index contributed by atoms with van der Waals surface area (Å²) in [5, 5.41) is 0. The molecular weight excluding hydrogens is 262 g/mol. The Morgan fingerprint density at radius 1 is 1.24 bits per heavy atom. The molecule has 2 heterocycles. The molecule has 0 radical (unpaired) electrons. The summed E-state index contributed by atoms with van der Waals surface area (Å²) in [4.78, 5) is 15.2. The van der Waals surface area contributed by atoms with E-state index in [1.165, 1.54) is 0 Å². The third-order valence-corrected chi connectivity index (χ3v) is 4.67. The van der Waals surface area contributed by atoms with E-state index in [1.807, 2.05) is 30.3 Å². The first-order valence-corrected chi connectivity index (χ1v) is 7.29. The van der Waals surface area contributed by atoms with Crippen LogP contribution >= 0.6 is 0 Å². The van der Waals surface area contributed by atoms with Crippen LogP contribution in [-0.2, 0) is 0 Å². The molecular formula is C18H17NO2. The molecule has 106 valence electrons. The molecule has 1 N–H and O–H groups in total. The average Bonchev–Trinajstić information content (AvgIpc) is 2.94. The van der Waals surface area contributed by atoms with E-state index in [1.54, 1.807) is 6.20 Å². The van der Waals surface area contributed by atoms with E-state index in [9.17, 15) is 4.79 Å². The molecule has 1 aliphatic heterocycles. The van der Waals surface area contributed by atoms with Crippen LogP contribution in [-0.4, -0.2) is 10.6 Å². The van der Waals surface area contributed by atoms with Crippen molar-refractivity contribution in [1.82, 2.24) is 4.98 Å². The standard InChI is InChI=1S/C18H17NO2/c1-11-8-9-18(2)15(11)14-16(21-18)13(10-19-17(14)20)12-6-4-3-5-7-12/h3-11,15H,1-2H3,(H,19,20)/t11-,15+,18-/m0/s1. The second-order valence-corrected chi connectivity index (χ2v) is 6.12. The van der Waals surface area contributed by atoms with Gasteiger partial charge in [-0.2, -0.15) is 0 Å². The Bertz CT molecular complexity index is 791. The summed E-state index contributed by atoms with van der Waals surface area (Å²) in [7, 11) is 0. The van der Waals surface area contributed by atoms with Crippen molar-refractivity contribution < 1.29 is 4.74 Å². The molecule has 4 rings (SSSR count). The van der Waals surface area contributed by atoms with Crippen molar-refractivity contribution in [3.05, 3.63) is 64.6 Å². The number of fused-ring (bicyclic) bond motifs is 3. The van der Waals surface area contributed by atoms with Gasteiger partial charge in [0.05, 0.1) is 5.56 Å². The van der Waals surface area contributed by atoms with E-state index in [0.717, 1.165) is 22.4 Å². The lowest BCUT2D eigenvalue weighted by Gasteiger charge is -2.24. The van der Waals surface area contributed by atoms with Gasteiger partial charge in [-0.05, 0) is 24.5 Å². The molecule has 21 heavy (non-hydrogen) atoms. The van der Waals surface area contributed by atoms with Gasteiger partial charge in [0.2, 0.25) is 0 Å². The zero-order valence-corrected chi connectivity index (χ0v) is 12.1. The van der Waals surface area contributed by atoms with E-state index in [-0.39, 0.29) is 11.5 Å². The second-order valence-electron chi connectivity index (χ2n) is 6.12. The third kappa shape index (κ3) is 1.63. The highest BCUT2D eigenvalue weighted by molar-refractivity contribution is 5.73. The van der Waals surface area contributed by atoms with Gasteiger partial charge >= 0.3 is 0 Å². The van der Waals surface area contributed by atoms with Crippen molar-refractivity contribution in [3.8, 4) is 16.9 Å². The van der Waals surface area contributed by atoms with Crippen molar-refractivity contribution >= 4 is 0 Å². The van der Waals surface area contributed by atoms with Crippen molar-refractivity contribution in [1.29, 1.82) is 0 Å². The quantitative estimate of drug-likeness (QED) is 0.812. The SMILES string of the molecule is C[C@H]1C=C[C@]2(C)Oc3c(-c4ccccc4)c[nH]c(=O)c3[C@@H]12. The fourth-order valence-corrected chi connectivity index (χ4v) is 3.70. The van der Waals surface area contributed by atoms with Gasteiger partial charge in [0, 0.05) is 17.7 Å². The van der Waals surface area contributed by atoms with Gasteiger partial charge in [-0.3, -0.25) is 4.79 Å². The highest BCUT2D eigenvalue weighted by atomic mass is 16.5. The number of nitrogens with one attached hydrogen (secondary N) is 1. The lowest BCUT2D eigenvalue weighted by atomic mass is 9.83. The number of hydrogen-bond acceptors (Lipinski definition) is 2. The molecule has 0 fully saturated rings. The summed E-state index contributed by atoms with van der Waals surface area (Å²) in [6.45, 7) is 4.20. The summed E-state index contributed by atoms with van der Waals surface area (Å²) >= 11 is 0. The minimum atomic E-state index is -0.403. The van der Waals surface area contributed by atoms with E-state index >= 15 is 0 Å². The van der Waals surface area contributed by atoms with Crippen molar-refractivity contribution in [2.75, 3.05) is 0 Å². The molecule has 0 bridgehead atoms. The number of aromatic nitrogens is 1. The van der Waals surface area contributed by atoms with Gasteiger partial charge in [-0.15, -0.1) is 0 Å². The van der Waals surface area contributed by atoms with Gasteiger partial charge in [0.15, 0.2) is 0 Å². The first-order valence-electron chi connectivity index (χ1n) is 7.29. The van der Waals surface area contributed by atoms with E-state index < -0.39 is 5.60 Å². The van der Waals surface area contributed by atoms with E-state index in [2.05, 4.69) is 31.0 Å². The normalized spacial score (nSPS) is 29.0. The molecule has 2 aromatic rings. The minimum Gasteiger partial charge on any atom is -0.482 e. The number of aromatic amines is 1. The van der Waals surface area contributed by atoms with Crippen LogP contribution in [0.3, 0.4) is 0 Å². The topological polar surface area (TPSA) is 42.1 Å². The van der Waals surface area contributed by atoms with E-state index in [0.29, 0.717) is 5.92 Å². The highest BCUT2D eigenvalue weighted by Gasteiger charge is 2.50. The van der Waals surface area contributed by atoms with Crippen LogP contribution in [0.1, 0.15) is 25.3 Å². The molecule has 0 saturated carbocycles. The van der Waals surface area contributed by atoms with Gasteiger partial charge in [0.1, 0.15) is 11.4 Å². The lowest BCUT2D eigenvalue weighted by molar-refractivity contribution is 0.142. The van der Waals surface area contributed by atoms with Gasteiger partial charge in [-0.1, -0.05) is 43.3 Å². The number of ether oxygens (including phenoxy) is 1.